The van der Waals surface area contributed by atoms with Gasteiger partial charge in [0.25, 0.3) is 0 Å². The third-order valence-electron chi connectivity index (χ3n) is 5.64. The van der Waals surface area contributed by atoms with E-state index in [9.17, 15) is 9.59 Å². The molecule has 3 heterocycles. The summed E-state index contributed by atoms with van der Waals surface area (Å²) in [5, 5.41) is 14.2. The van der Waals surface area contributed by atoms with Gasteiger partial charge in [0.1, 0.15) is 18.1 Å². The number of hydrogen-bond acceptors (Lipinski definition) is 7. The van der Waals surface area contributed by atoms with E-state index in [0.29, 0.717) is 36.8 Å². The van der Waals surface area contributed by atoms with Crippen molar-refractivity contribution in [3.63, 3.8) is 0 Å². The number of rotatable bonds is 6. The lowest BCUT2D eigenvalue weighted by molar-refractivity contribution is -0.134. The first-order valence-electron chi connectivity index (χ1n) is 10.8. The molecule has 2 aliphatic heterocycles. The van der Waals surface area contributed by atoms with Crippen LogP contribution in [0.5, 0.6) is 5.75 Å². The van der Waals surface area contributed by atoms with E-state index >= 15 is 0 Å². The Bertz CT molecular complexity index is 982. The predicted molar refractivity (Wildman–Crippen MR) is 116 cm³/mol. The van der Waals surface area contributed by atoms with Gasteiger partial charge < -0.3 is 19.9 Å². The van der Waals surface area contributed by atoms with Crippen LogP contribution in [0.15, 0.2) is 47.0 Å². The fourth-order valence-corrected chi connectivity index (χ4v) is 3.96. The number of imide groups is 1. The van der Waals surface area contributed by atoms with Crippen molar-refractivity contribution in [2.45, 2.75) is 37.6 Å². The first kappa shape index (κ1) is 21.3. The number of ether oxygens (including phenoxy) is 1. The highest BCUT2D eigenvalue weighted by molar-refractivity contribution is 6.02. The van der Waals surface area contributed by atoms with E-state index in [0.717, 1.165) is 43.6 Å². The van der Waals surface area contributed by atoms with Crippen LogP contribution in [0.4, 0.5) is 0 Å². The first-order valence-corrected chi connectivity index (χ1v) is 10.8. The second-order valence-corrected chi connectivity index (χ2v) is 7.82. The molecular formula is C23H28N4O4. The van der Waals surface area contributed by atoms with E-state index < -0.39 is 5.92 Å². The molecule has 0 bridgehead atoms. The highest BCUT2D eigenvalue weighted by atomic mass is 16.5. The van der Waals surface area contributed by atoms with Gasteiger partial charge in [-0.25, -0.2) is 0 Å². The third kappa shape index (κ3) is 5.59. The van der Waals surface area contributed by atoms with Gasteiger partial charge in [-0.1, -0.05) is 23.4 Å². The van der Waals surface area contributed by atoms with Gasteiger partial charge in [-0.15, -0.1) is 0 Å². The monoisotopic (exact) mass is 424 g/mol. The first-order chi connectivity index (χ1) is 15.2. The molecule has 1 aromatic carbocycles. The van der Waals surface area contributed by atoms with Crippen molar-refractivity contribution in [1.82, 2.24) is 21.1 Å². The molecule has 164 valence electrons. The Morgan fingerprint density at radius 3 is 2.71 bits per heavy atom. The van der Waals surface area contributed by atoms with Gasteiger partial charge >= 0.3 is 0 Å². The van der Waals surface area contributed by atoms with Crippen molar-refractivity contribution in [1.29, 1.82) is 0 Å². The van der Waals surface area contributed by atoms with Crippen LogP contribution in [0.1, 0.15) is 37.3 Å². The molecule has 31 heavy (non-hydrogen) atoms. The quantitative estimate of drug-likeness (QED) is 0.482. The Kier molecular flexibility index (Phi) is 7.11. The second kappa shape index (κ2) is 10.4. The summed E-state index contributed by atoms with van der Waals surface area (Å²) in [7, 11) is 0. The van der Waals surface area contributed by atoms with E-state index in [1.54, 1.807) is 6.07 Å². The average molecular weight is 425 g/mol. The Morgan fingerprint density at radius 2 is 1.87 bits per heavy atom. The maximum atomic E-state index is 12.3. The van der Waals surface area contributed by atoms with Crippen LogP contribution in [-0.4, -0.2) is 49.3 Å². The van der Waals surface area contributed by atoms with Crippen molar-refractivity contribution in [3.05, 3.63) is 48.2 Å². The van der Waals surface area contributed by atoms with E-state index in [-0.39, 0.29) is 11.8 Å². The highest BCUT2D eigenvalue weighted by Gasteiger charge is 2.31. The number of fused-ring (bicyclic) bond motifs is 1. The lowest BCUT2D eigenvalue weighted by Gasteiger charge is -2.23. The van der Waals surface area contributed by atoms with Gasteiger partial charge in [0, 0.05) is 24.4 Å². The van der Waals surface area contributed by atoms with E-state index in [2.05, 4.69) is 21.1 Å². The maximum absolute atomic E-state index is 12.3. The van der Waals surface area contributed by atoms with Gasteiger partial charge in [0.05, 0.1) is 5.92 Å². The molecule has 0 aliphatic carbocycles. The van der Waals surface area contributed by atoms with Crippen LogP contribution in [0.3, 0.4) is 0 Å². The van der Waals surface area contributed by atoms with Crippen LogP contribution < -0.4 is 20.7 Å². The fraction of sp³-hybridized carbons (Fsp3) is 0.435. The van der Waals surface area contributed by atoms with Crippen molar-refractivity contribution >= 4 is 22.8 Å². The van der Waals surface area contributed by atoms with E-state index in [1.807, 2.05) is 36.4 Å². The number of amides is 2. The molecule has 1 atom stereocenters. The second-order valence-electron chi connectivity index (χ2n) is 7.82. The molecule has 2 fully saturated rings. The summed E-state index contributed by atoms with van der Waals surface area (Å²) in [5.74, 6) is -0.332. The number of nitrogens with one attached hydrogen (secondary N) is 3. The minimum Gasteiger partial charge on any atom is -0.492 e. The summed E-state index contributed by atoms with van der Waals surface area (Å²) in [6.07, 6.45) is 3.01. The molecule has 2 amide bonds. The Balaban J connectivity index is 1.46. The van der Waals surface area contributed by atoms with Crippen LogP contribution in [-0.2, 0) is 9.59 Å². The summed E-state index contributed by atoms with van der Waals surface area (Å²) in [6, 6.07) is 13.6. The topological polar surface area (TPSA) is 105 Å². The number of hydrogen-bond donors (Lipinski definition) is 3. The van der Waals surface area contributed by atoms with Crippen molar-refractivity contribution in [2.75, 3.05) is 26.2 Å². The number of nitrogens with zero attached hydrogens (tertiary/aromatic N) is 1. The number of aromatic nitrogens is 1. The third-order valence-corrected chi connectivity index (χ3v) is 5.64. The molecule has 0 spiro atoms. The Labute approximate surface area is 181 Å². The average Bonchev–Trinajstić information content (AvgIpc) is 3.17. The lowest BCUT2D eigenvalue weighted by atomic mass is 9.93. The van der Waals surface area contributed by atoms with Gasteiger partial charge in [-0.05, 0) is 56.6 Å². The zero-order valence-corrected chi connectivity index (χ0v) is 17.4. The molecule has 0 radical (unpaired) electrons. The summed E-state index contributed by atoms with van der Waals surface area (Å²) in [4.78, 5) is 23.7. The van der Waals surface area contributed by atoms with Gasteiger partial charge in [-0.2, -0.15) is 0 Å². The molecule has 1 aromatic heterocycles. The van der Waals surface area contributed by atoms with E-state index in [4.69, 9.17) is 9.26 Å². The minimum atomic E-state index is -0.498. The summed E-state index contributed by atoms with van der Waals surface area (Å²) in [5.41, 5.74) is 1.12. The normalized spacial score (nSPS) is 19.7. The van der Waals surface area contributed by atoms with Gasteiger partial charge in [0.15, 0.2) is 5.58 Å². The molecular weight excluding hydrogens is 396 g/mol. The van der Waals surface area contributed by atoms with Crippen LogP contribution in [0.25, 0.3) is 11.0 Å². The van der Waals surface area contributed by atoms with Crippen molar-refractivity contribution < 1.29 is 18.8 Å². The molecule has 8 nitrogen and oxygen atoms in total. The number of piperidine rings is 2. The van der Waals surface area contributed by atoms with Crippen molar-refractivity contribution in [3.8, 4) is 5.75 Å². The molecule has 8 heteroatoms. The largest absolute Gasteiger partial charge is 0.492 e. The molecule has 3 N–H and O–H groups in total. The molecule has 2 saturated heterocycles. The van der Waals surface area contributed by atoms with Crippen molar-refractivity contribution in [2.24, 2.45) is 0 Å². The van der Waals surface area contributed by atoms with Crippen LogP contribution in [0.2, 0.25) is 0 Å². The molecule has 0 saturated carbocycles. The number of carbonyl (C=O) groups excluding carboxylic acids is 2. The Hall–Kier alpha value is -2.97. The fourth-order valence-electron chi connectivity index (χ4n) is 3.96. The van der Waals surface area contributed by atoms with E-state index in [1.165, 1.54) is 0 Å². The Morgan fingerprint density at radius 1 is 1.06 bits per heavy atom. The smallest absolute Gasteiger partial charge is 0.235 e. The van der Waals surface area contributed by atoms with Crippen LogP contribution >= 0.6 is 0 Å². The zero-order valence-electron chi connectivity index (χ0n) is 17.4. The minimum absolute atomic E-state index is 0.249. The highest BCUT2D eigenvalue weighted by Crippen LogP contribution is 2.29. The summed E-state index contributed by atoms with van der Waals surface area (Å²) < 4.78 is 11.4. The number of carbonyl (C=O) groups is 2. The van der Waals surface area contributed by atoms with Gasteiger partial charge in [0.2, 0.25) is 11.8 Å². The maximum Gasteiger partial charge on any atom is 0.235 e. The molecule has 4 rings (SSSR count). The molecule has 2 aromatic rings. The summed E-state index contributed by atoms with van der Waals surface area (Å²) in [6.45, 7) is 3.51. The summed E-state index contributed by atoms with van der Waals surface area (Å²) >= 11 is 0. The predicted octanol–water partition coefficient (Wildman–Crippen LogP) is 2.19. The van der Waals surface area contributed by atoms with Gasteiger partial charge in [-0.3, -0.25) is 14.9 Å². The molecule has 1 unspecified atom stereocenters. The lowest BCUT2D eigenvalue weighted by Crippen LogP contribution is -2.41. The SMILES string of the molecule is O=C1CCC(c2noc3ccccc(OCCNC4CCNCC4)cccc23)C(=O)N1. The molecule has 2 aliphatic rings. The van der Waals surface area contributed by atoms with Crippen LogP contribution in [0, 0.1) is 0 Å². The zero-order chi connectivity index (χ0) is 21.5. The standard InChI is InChI=1S/C23H28N4O4/c28-21-9-8-19(23(29)26-21)22-18-6-3-5-17(4-1-2-7-20(18)31-27-22)30-15-14-25-16-10-12-24-13-11-16/h1-7,16,19,24-25H,8-15H2,(H,26,28,29).